The summed E-state index contributed by atoms with van der Waals surface area (Å²) in [4.78, 5) is 26.5. The van der Waals surface area contributed by atoms with Crippen LogP contribution in [-0.4, -0.2) is 26.8 Å². The van der Waals surface area contributed by atoms with Crippen molar-refractivity contribution in [2.24, 2.45) is 0 Å². The summed E-state index contributed by atoms with van der Waals surface area (Å²) in [6, 6.07) is -1.06. The van der Waals surface area contributed by atoms with E-state index in [2.05, 4.69) is 4.98 Å². The first-order chi connectivity index (χ1) is 8.80. The SMILES string of the molecule is O=C(O)C[C@H](n1cnc2sccc2c1=O)C(F)(F)F. The van der Waals surface area contributed by atoms with Crippen molar-refractivity contribution in [3.8, 4) is 0 Å². The highest BCUT2D eigenvalue weighted by atomic mass is 32.1. The summed E-state index contributed by atoms with van der Waals surface area (Å²) in [7, 11) is 0. The number of rotatable bonds is 3. The van der Waals surface area contributed by atoms with Gasteiger partial charge in [0.15, 0.2) is 0 Å². The molecule has 0 aliphatic carbocycles. The van der Waals surface area contributed by atoms with Crippen LogP contribution >= 0.6 is 11.3 Å². The maximum Gasteiger partial charge on any atom is 0.409 e. The molecule has 2 aromatic heterocycles. The van der Waals surface area contributed by atoms with E-state index >= 15 is 0 Å². The van der Waals surface area contributed by atoms with Gasteiger partial charge in [0.25, 0.3) is 5.56 Å². The molecule has 0 fully saturated rings. The van der Waals surface area contributed by atoms with Gasteiger partial charge in [-0.1, -0.05) is 0 Å². The zero-order valence-corrected chi connectivity index (χ0v) is 10.0. The van der Waals surface area contributed by atoms with Crippen molar-refractivity contribution < 1.29 is 23.1 Å². The lowest BCUT2D eigenvalue weighted by Gasteiger charge is -2.20. The number of hydrogen-bond acceptors (Lipinski definition) is 4. The van der Waals surface area contributed by atoms with Gasteiger partial charge < -0.3 is 5.11 Å². The Balaban J connectivity index is 2.59. The van der Waals surface area contributed by atoms with Gasteiger partial charge in [0.2, 0.25) is 0 Å². The van der Waals surface area contributed by atoms with E-state index in [1.165, 1.54) is 11.4 Å². The largest absolute Gasteiger partial charge is 0.481 e. The monoisotopic (exact) mass is 292 g/mol. The van der Waals surface area contributed by atoms with Crippen LogP contribution in [0.25, 0.3) is 10.2 Å². The summed E-state index contributed by atoms with van der Waals surface area (Å²) in [5.74, 6) is -1.64. The van der Waals surface area contributed by atoms with Crippen LogP contribution in [0.15, 0.2) is 22.6 Å². The highest BCUT2D eigenvalue weighted by Crippen LogP contribution is 2.32. The van der Waals surface area contributed by atoms with E-state index in [1.807, 2.05) is 0 Å². The normalized spacial score (nSPS) is 13.6. The molecule has 0 radical (unpaired) electrons. The predicted octanol–water partition coefficient (Wildman–Crippen LogP) is 2.04. The first-order valence-corrected chi connectivity index (χ1v) is 5.91. The highest BCUT2D eigenvalue weighted by molar-refractivity contribution is 7.16. The average molecular weight is 292 g/mol. The van der Waals surface area contributed by atoms with Crippen LogP contribution in [0.1, 0.15) is 12.5 Å². The molecule has 9 heteroatoms. The van der Waals surface area contributed by atoms with Crippen molar-refractivity contribution in [1.82, 2.24) is 9.55 Å². The van der Waals surface area contributed by atoms with Crippen molar-refractivity contribution >= 4 is 27.5 Å². The fourth-order valence-electron chi connectivity index (χ4n) is 1.63. The van der Waals surface area contributed by atoms with Crippen LogP contribution in [-0.2, 0) is 4.79 Å². The molecule has 19 heavy (non-hydrogen) atoms. The zero-order valence-electron chi connectivity index (χ0n) is 9.22. The number of hydrogen-bond donors (Lipinski definition) is 1. The number of thiophene rings is 1. The van der Waals surface area contributed by atoms with E-state index < -0.39 is 30.2 Å². The lowest BCUT2D eigenvalue weighted by atomic mass is 10.2. The molecule has 0 saturated heterocycles. The number of fused-ring (bicyclic) bond motifs is 1. The van der Waals surface area contributed by atoms with Crippen molar-refractivity contribution in [3.05, 3.63) is 28.1 Å². The van der Waals surface area contributed by atoms with Crippen LogP contribution in [0.5, 0.6) is 0 Å². The second kappa shape index (κ2) is 4.65. The number of nitrogens with zero attached hydrogens (tertiary/aromatic N) is 2. The van der Waals surface area contributed by atoms with Gasteiger partial charge in [-0.15, -0.1) is 11.3 Å². The van der Waals surface area contributed by atoms with Gasteiger partial charge in [0.05, 0.1) is 18.1 Å². The summed E-state index contributed by atoms with van der Waals surface area (Å²) in [6.07, 6.45) is -5.32. The van der Waals surface area contributed by atoms with Gasteiger partial charge in [-0.2, -0.15) is 13.2 Å². The molecule has 0 aromatic carbocycles. The second-order valence-electron chi connectivity index (χ2n) is 3.75. The molecule has 0 amide bonds. The third-order valence-corrected chi connectivity index (χ3v) is 3.31. The van der Waals surface area contributed by atoms with Gasteiger partial charge in [-0.25, -0.2) is 4.98 Å². The average Bonchev–Trinajstić information content (AvgIpc) is 2.74. The van der Waals surface area contributed by atoms with Crippen LogP contribution < -0.4 is 5.56 Å². The smallest absolute Gasteiger partial charge is 0.409 e. The van der Waals surface area contributed by atoms with E-state index in [9.17, 15) is 22.8 Å². The van der Waals surface area contributed by atoms with Gasteiger partial charge in [-0.05, 0) is 11.4 Å². The topological polar surface area (TPSA) is 72.2 Å². The number of carbonyl (C=O) groups is 1. The highest BCUT2D eigenvalue weighted by Gasteiger charge is 2.43. The Hall–Kier alpha value is -1.90. The number of aliphatic carboxylic acids is 1. The minimum absolute atomic E-state index is 0.0483. The van der Waals surface area contributed by atoms with Crippen molar-refractivity contribution in [1.29, 1.82) is 0 Å². The predicted molar refractivity (Wildman–Crippen MR) is 61.2 cm³/mol. The maximum atomic E-state index is 12.8. The Morgan fingerprint density at radius 1 is 1.53 bits per heavy atom. The lowest BCUT2D eigenvalue weighted by molar-refractivity contribution is -0.177. The Morgan fingerprint density at radius 3 is 2.79 bits per heavy atom. The summed E-state index contributed by atoms with van der Waals surface area (Å²) in [6.45, 7) is 0. The first kappa shape index (κ1) is 13.5. The maximum absolute atomic E-state index is 12.8. The van der Waals surface area contributed by atoms with Crippen LogP contribution in [0.4, 0.5) is 13.2 Å². The molecule has 2 aromatic rings. The fourth-order valence-corrected chi connectivity index (χ4v) is 2.35. The van der Waals surface area contributed by atoms with Gasteiger partial charge in [-0.3, -0.25) is 14.2 Å². The standard InChI is InChI=1S/C10H7F3N2O3S/c11-10(12,13)6(3-7(16)17)15-4-14-8-5(9(15)18)1-2-19-8/h1-2,4,6H,3H2,(H,16,17)/t6-/m0/s1. The fraction of sp³-hybridized carbons (Fsp3) is 0.300. The molecule has 0 saturated carbocycles. The van der Waals surface area contributed by atoms with Gasteiger partial charge in [0, 0.05) is 0 Å². The van der Waals surface area contributed by atoms with Crippen LogP contribution in [0.2, 0.25) is 0 Å². The zero-order chi connectivity index (χ0) is 14.2. The third kappa shape index (κ3) is 2.60. The second-order valence-corrected chi connectivity index (χ2v) is 4.65. The van der Waals surface area contributed by atoms with Crippen molar-refractivity contribution in [2.45, 2.75) is 18.6 Å². The minimum Gasteiger partial charge on any atom is -0.481 e. The van der Waals surface area contributed by atoms with E-state index in [4.69, 9.17) is 5.11 Å². The molecule has 5 nitrogen and oxygen atoms in total. The number of aromatic nitrogens is 2. The molecular formula is C10H7F3N2O3S. The van der Waals surface area contributed by atoms with E-state index in [1.54, 1.807) is 0 Å². The summed E-state index contributed by atoms with van der Waals surface area (Å²) >= 11 is 1.12. The summed E-state index contributed by atoms with van der Waals surface area (Å²) in [5, 5.41) is 10.1. The van der Waals surface area contributed by atoms with Gasteiger partial charge >= 0.3 is 12.1 Å². The Kier molecular flexibility index (Phi) is 3.31. The molecule has 0 bridgehead atoms. The van der Waals surface area contributed by atoms with E-state index in [0.29, 0.717) is 9.40 Å². The van der Waals surface area contributed by atoms with Crippen molar-refractivity contribution in [2.75, 3.05) is 0 Å². The molecule has 0 aliphatic rings. The Bertz CT molecular complexity index is 676. The number of alkyl halides is 3. The molecule has 0 unspecified atom stereocenters. The Morgan fingerprint density at radius 2 is 2.21 bits per heavy atom. The molecule has 102 valence electrons. The minimum atomic E-state index is -4.84. The summed E-state index contributed by atoms with van der Waals surface area (Å²) < 4.78 is 38.8. The van der Waals surface area contributed by atoms with Crippen LogP contribution in [0, 0.1) is 0 Å². The van der Waals surface area contributed by atoms with E-state index in [-0.39, 0.29) is 5.39 Å². The molecule has 0 spiro atoms. The number of carboxylic acid groups (broad SMARTS) is 1. The molecule has 2 rings (SSSR count). The van der Waals surface area contributed by atoms with Crippen LogP contribution in [0.3, 0.4) is 0 Å². The van der Waals surface area contributed by atoms with Gasteiger partial charge in [0.1, 0.15) is 10.9 Å². The molecule has 1 N–H and O–H groups in total. The molecular weight excluding hydrogens is 285 g/mol. The molecule has 1 atom stereocenters. The lowest BCUT2D eigenvalue weighted by Crippen LogP contribution is -2.35. The van der Waals surface area contributed by atoms with E-state index in [0.717, 1.165) is 17.7 Å². The van der Waals surface area contributed by atoms with Crippen molar-refractivity contribution in [3.63, 3.8) is 0 Å². The quantitative estimate of drug-likeness (QED) is 0.939. The third-order valence-electron chi connectivity index (χ3n) is 2.49. The molecule has 0 aliphatic heterocycles. The molecule has 2 heterocycles. The number of carboxylic acids is 1. The first-order valence-electron chi connectivity index (χ1n) is 5.03. The Labute approximate surface area is 107 Å². The summed E-state index contributed by atoms with van der Waals surface area (Å²) in [5.41, 5.74) is -0.894. The number of halogens is 3.